The summed E-state index contributed by atoms with van der Waals surface area (Å²) in [5.41, 5.74) is 2.12. The number of carbonyl (C=O) groups is 1. The van der Waals surface area contributed by atoms with Crippen LogP contribution in [0.4, 0.5) is 0 Å². The fraction of sp³-hybridized carbons (Fsp3) is 0.500. The predicted octanol–water partition coefficient (Wildman–Crippen LogP) is 1.87. The number of aromatic nitrogens is 2. The van der Waals surface area contributed by atoms with Gasteiger partial charge in [-0.25, -0.2) is 5.01 Å². The van der Waals surface area contributed by atoms with E-state index in [2.05, 4.69) is 10.00 Å². The zero-order chi connectivity index (χ0) is 19.2. The number of aryl methyl sites for hydroxylation is 1. The van der Waals surface area contributed by atoms with Gasteiger partial charge in [-0.05, 0) is 43.6 Å². The summed E-state index contributed by atoms with van der Waals surface area (Å²) in [6, 6.07) is 7.95. The molecule has 1 aromatic carbocycles. The Balaban J connectivity index is 1.54. The van der Waals surface area contributed by atoms with Crippen molar-refractivity contribution < 1.29 is 9.53 Å². The Bertz CT molecular complexity index is 752. The zero-order valence-corrected chi connectivity index (χ0v) is 16.5. The van der Waals surface area contributed by atoms with Crippen LogP contribution in [0.3, 0.4) is 0 Å². The van der Waals surface area contributed by atoms with Crippen LogP contribution in [0.25, 0.3) is 11.1 Å². The van der Waals surface area contributed by atoms with Crippen LogP contribution < -0.4 is 4.74 Å². The first kappa shape index (κ1) is 19.4. The van der Waals surface area contributed by atoms with Crippen molar-refractivity contribution in [2.24, 2.45) is 7.05 Å². The van der Waals surface area contributed by atoms with Crippen LogP contribution in [0.15, 0.2) is 36.7 Å². The average Bonchev–Trinajstić information content (AvgIpc) is 3.30. The second-order valence-electron chi connectivity index (χ2n) is 7.13. The SMILES string of the molecule is CN(C)N(CCOc1cccc(-c2cnn(C)c2)c1)C(=O)CN1CCCC1. The van der Waals surface area contributed by atoms with Crippen LogP contribution in [-0.2, 0) is 11.8 Å². The highest BCUT2D eigenvalue weighted by Crippen LogP contribution is 2.23. The van der Waals surface area contributed by atoms with Crippen molar-refractivity contribution in [2.75, 3.05) is 46.9 Å². The average molecular weight is 371 g/mol. The number of hydrazine groups is 1. The van der Waals surface area contributed by atoms with E-state index in [-0.39, 0.29) is 5.91 Å². The molecular formula is C20H29N5O2. The van der Waals surface area contributed by atoms with Crippen molar-refractivity contribution in [3.63, 3.8) is 0 Å². The second kappa shape index (κ2) is 9.01. The maximum absolute atomic E-state index is 12.6. The lowest BCUT2D eigenvalue weighted by Gasteiger charge is -2.30. The van der Waals surface area contributed by atoms with Crippen LogP contribution in [0.2, 0.25) is 0 Å². The first-order chi connectivity index (χ1) is 13.0. The minimum absolute atomic E-state index is 0.120. The van der Waals surface area contributed by atoms with E-state index in [0.29, 0.717) is 19.7 Å². The zero-order valence-electron chi connectivity index (χ0n) is 16.5. The van der Waals surface area contributed by atoms with Gasteiger partial charge in [0, 0.05) is 32.9 Å². The highest BCUT2D eigenvalue weighted by molar-refractivity contribution is 5.77. The molecule has 0 saturated carbocycles. The summed E-state index contributed by atoms with van der Waals surface area (Å²) >= 11 is 0. The molecule has 2 aromatic rings. The first-order valence-corrected chi connectivity index (χ1v) is 9.45. The van der Waals surface area contributed by atoms with Crippen molar-refractivity contribution in [3.8, 4) is 16.9 Å². The van der Waals surface area contributed by atoms with E-state index in [1.165, 1.54) is 12.8 Å². The fourth-order valence-electron chi connectivity index (χ4n) is 3.35. The number of hydrogen-bond donors (Lipinski definition) is 0. The van der Waals surface area contributed by atoms with Gasteiger partial charge in [-0.15, -0.1) is 0 Å². The Morgan fingerprint density at radius 3 is 2.67 bits per heavy atom. The maximum atomic E-state index is 12.6. The third kappa shape index (κ3) is 5.30. The molecule has 3 rings (SSSR count). The van der Waals surface area contributed by atoms with Crippen molar-refractivity contribution in [1.82, 2.24) is 24.7 Å². The second-order valence-corrected chi connectivity index (χ2v) is 7.13. The highest BCUT2D eigenvalue weighted by Gasteiger charge is 2.21. The molecule has 0 N–H and O–H groups in total. The summed E-state index contributed by atoms with van der Waals surface area (Å²) in [7, 11) is 5.69. The molecule has 1 fully saturated rings. The minimum atomic E-state index is 0.120. The number of benzene rings is 1. The lowest BCUT2D eigenvalue weighted by molar-refractivity contribution is -0.146. The Hall–Kier alpha value is -2.38. The lowest BCUT2D eigenvalue weighted by Crippen LogP contribution is -2.48. The first-order valence-electron chi connectivity index (χ1n) is 9.45. The highest BCUT2D eigenvalue weighted by atomic mass is 16.5. The summed E-state index contributed by atoms with van der Waals surface area (Å²) in [6.07, 6.45) is 6.19. The van der Waals surface area contributed by atoms with E-state index in [4.69, 9.17) is 4.74 Å². The lowest BCUT2D eigenvalue weighted by atomic mass is 10.1. The molecule has 0 radical (unpaired) electrons. The monoisotopic (exact) mass is 371 g/mol. The molecular weight excluding hydrogens is 342 g/mol. The van der Waals surface area contributed by atoms with Gasteiger partial charge >= 0.3 is 0 Å². The van der Waals surface area contributed by atoms with Crippen molar-refractivity contribution in [3.05, 3.63) is 36.7 Å². The molecule has 0 bridgehead atoms. The van der Waals surface area contributed by atoms with E-state index >= 15 is 0 Å². The van der Waals surface area contributed by atoms with Crippen LogP contribution >= 0.6 is 0 Å². The number of ether oxygens (including phenoxy) is 1. The Labute approximate surface area is 161 Å². The molecule has 27 heavy (non-hydrogen) atoms. The molecule has 2 heterocycles. The molecule has 1 aliphatic rings. The van der Waals surface area contributed by atoms with Crippen LogP contribution in [-0.4, -0.2) is 77.5 Å². The van der Waals surface area contributed by atoms with Crippen molar-refractivity contribution in [1.29, 1.82) is 0 Å². The van der Waals surface area contributed by atoms with Crippen molar-refractivity contribution in [2.45, 2.75) is 12.8 Å². The third-order valence-electron chi connectivity index (χ3n) is 4.77. The minimum Gasteiger partial charge on any atom is -0.492 e. The number of nitrogens with zero attached hydrogens (tertiary/aromatic N) is 5. The van der Waals surface area contributed by atoms with Crippen LogP contribution in [0.5, 0.6) is 5.75 Å². The molecule has 0 atom stereocenters. The van der Waals surface area contributed by atoms with Gasteiger partial charge in [-0.2, -0.15) is 5.10 Å². The summed E-state index contributed by atoms with van der Waals surface area (Å²) in [6.45, 7) is 3.49. The number of hydrogen-bond acceptors (Lipinski definition) is 5. The molecule has 1 aliphatic heterocycles. The summed E-state index contributed by atoms with van der Waals surface area (Å²) < 4.78 is 7.70. The fourth-order valence-corrected chi connectivity index (χ4v) is 3.35. The molecule has 0 aliphatic carbocycles. The van der Waals surface area contributed by atoms with E-state index in [1.807, 2.05) is 62.8 Å². The van der Waals surface area contributed by atoms with Gasteiger partial charge in [-0.1, -0.05) is 12.1 Å². The van der Waals surface area contributed by atoms with E-state index < -0.39 is 0 Å². The van der Waals surface area contributed by atoms with E-state index in [1.54, 1.807) is 9.69 Å². The standard InChI is InChI=1S/C20H29N5O2/c1-22(2)25(20(26)16-24-9-4-5-10-24)11-12-27-19-8-6-7-17(13-19)18-14-21-23(3)15-18/h6-8,13-15H,4-5,9-12,16H2,1-3H3. The number of carbonyl (C=O) groups excluding carboxylic acids is 1. The quantitative estimate of drug-likeness (QED) is 0.663. The largest absolute Gasteiger partial charge is 0.492 e. The molecule has 1 saturated heterocycles. The molecule has 0 spiro atoms. The number of likely N-dealkylation sites (tertiary alicyclic amines) is 1. The topological polar surface area (TPSA) is 53.8 Å². The predicted molar refractivity (Wildman–Crippen MR) is 105 cm³/mol. The molecule has 1 aromatic heterocycles. The van der Waals surface area contributed by atoms with Gasteiger partial charge < -0.3 is 4.74 Å². The summed E-state index contributed by atoms with van der Waals surface area (Å²) in [5.74, 6) is 0.914. The van der Waals surface area contributed by atoms with Crippen LogP contribution in [0, 0.1) is 0 Å². The molecule has 7 nitrogen and oxygen atoms in total. The third-order valence-corrected chi connectivity index (χ3v) is 4.77. The number of rotatable bonds is 8. The summed E-state index contributed by atoms with van der Waals surface area (Å²) in [5, 5.41) is 7.81. The van der Waals surface area contributed by atoms with Gasteiger partial charge in [0.2, 0.25) is 0 Å². The Kier molecular flexibility index (Phi) is 6.47. The van der Waals surface area contributed by atoms with E-state index in [0.717, 1.165) is 30.0 Å². The number of amides is 1. The van der Waals surface area contributed by atoms with Crippen molar-refractivity contribution >= 4 is 5.91 Å². The molecule has 0 unspecified atom stereocenters. The maximum Gasteiger partial charge on any atom is 0.251 e. The van der Waals surface area contributed by atoms with Gasteiger partial charge in [0.05, 0.1) is 19.3 Å². The molecule has 7 heteroatoms. The van der Waals surface area contributed by atoms with E-state index in [9.17, 15) is 4.79 Å². The normalized spacial score (nSPS) is 14.7. The van der Waals surface area contributed by atoms with Gasteiger partial charge in [0.15, 0.2) is 0 Å². The molecule has 146 valence electrons. The van der Waals surface area contributed by atoms with Gasteiger partial charge in [0.1, 0.15) is 12.4 Å². The Morgan fingerprint density at radius 2 is 2.00 bits per heavy atom. The van der Waals surface area contributed by atoms with Crippen LogP contribution in [0.1, 0.15) is 12.8 Å². The Morgan fingerprint density at radius 1 is 1.22 bits per heavy atom. The van der Waals surface area contributed by atoms with Gasteiger partial charge in [0.25, 0.3) is 5.91 Å². The van der Waals surface area contributed by atoms with Gasteiger partial charge in [-0.3, -0.25) is 19.4 Å². The molecule has 1 amide bonds. The summed E-state index contributed by atoms with van der Waals surface area (Å²) in [4.78, 5) is 14.8. The smallest absolute Gasteiger partial charge is 0.251 e.